The van der Waals surface area contributed by atoms with Crippen molar-refractivity contribution in [3.05, 3.63) is 23.2 Å². The summed E-state index contributed by atoms with van der Waals surface area (Å²) >= 11 is 6.12. The van der Waals surface area contributed by atoms with Gasteiger partial charge < -0.3 is 10.1 Å². The number of benzene rings is 1. The first-order chi connectivity index (χ1) is 8.76. The van der Waals surface area contributed by atoms with E-state index in [0.717, 1.165) is 35.7 Å². The van der Waals surface area contributed by atoms with Crippen molar-refractivity contribution in [3.8, 4) is 5.75 Å². The van der Waals surface area contributed by atoms with Crippen LogP contribution >= 0.6 is 11.6 Å². The Morgan fingerprint density at radius 2 is 2.22 bits per heavy atom. The third kappa shape index (κ3) is 2.31. The van der Waals surface area contributed by atoms with Crippen LogP contribution < -0.4 is 10.1 Å². The number of hydrogen-bond donors (Lipinski definition) is 1. The molecule has 3 heteroatoms. The van der Waals surface area contributed by atoms with Crippen LogP contribution in [0.5, 0.6) is 5.75 Å². The number of anilines is 1. The maximum absolute atomic E-state index is 6.12. The van der Waals surface area contributed by atoms with Crippen LogP contribution in [-0.2, 0) is 0 Å². The Kier molecular flexibility index (Phi) is 3.38. The second-order valence-corrected chi connectivity index (χ2v) is 6.07. The summed E-state index contributed by atoms with van der Waals surface area (Å²) in [6.45, 7) is 1.09. The van der Waals surface area contributed by atoms with Gasteiger partial charge in [-0.1, -0.05) is 18.0 Å². The fourth-order valence-electron chi connectivity index (χ4n) is 3.65. The largest absolute Gasteiger partial charge is 0.495 e. The van der Waals surface area contributed by atoms with Crippen molar-refractivity contribution in [3.63, 3.8) is 0 Å². The minimum absolute atomic E-state index is 0.676. The van der Waals surface area contributed by atoms with Gasteiger partial charge in [-0.15, -0.1) is 0 Å². The topological polar surface area (TPSA) is 21.3 Å². The van der Waals surface area contributed by atoms with Crippen LogP contribution in [0.1, 0.15) is 25.7 Å². The molecule has 98 valence electrons. The fraction of sp³-hybridized carbons (Fsp3) is 0.600. The molecule has 0 amide bonds. The molecule has 1 aromatic rings. The number of halogens is 1. The Bertz CT molecular complexity index is 435. The van der Waals surface area contributed by atoms with Crippen molar-refractivity contribution >= 4 is 17.3 Å². The van der Waals surface area contributed by atoms with Crippen LogP contribution in [0.3, 0.4) is 0 Å². The lowest BCUT2D eigenvalue weighted by Crippen LogP contribution is -2.20. The van der Waals surface area contributed by atoms with Gasteiger partial charge in [0.15, 0.2) is 0 Å². The second-order valence-electron chi connectivity index (χ2n) is 5.67. The van der Waals surface area contributed by atoms with Crippen LogP contribution in [0, 0.1) is 17.8 Å². The lowest BCUT2D eigenvalue weighted by atomic mass is 9.89. The quantitative estimate of drug-likeness (QED) is 0.881. The van der Waals surface area contributed by atoms with Crippen molar-refractivity contribution in [2.24, 2.45) is 17.8 Å². The molecule has 2 nitrogen and oxygen atoms in total. The zero-order valence-electron chi connectivity index (χ0n) is 10.8. The lowest BCUT2D eigenvalue weighted by Gasteiger charge is -2.22. The van der Waals surface area contributed by atoms with Gasteiger partial charge in [-0.25, -0.2) is 0 Å². The van der Waals surface area contributed by atoms with Crippen molar-refractivity contribution in [2.75, 3.05) is 19.0 Å². The van der Waals surface area contributed by atoms with Gasteiger partial charge in [-0.2, -0.15) is 0 Å². The molecule has 3 unspecified atom stereocenters. The summed E-state index contributed by atoms with van der Waals surface area (Å²) in [5.74, 6) is 3.59. The van der Waals surface area contributed by atoms with Crippen LogP contribution in [0.15, 0.2) is 18.2 Å². The molecule has 0 spiro atoms. The van der Waals surface area contributed by atoms with E-state index in [2.05, 4.69) is 5.32 Å². The fourth-order valence-corrected chi connectivity index (χ4v) is 3.91. The first kappa shape index (κ1) is 12.2. The Balaban J connectivity index is 1.58. The molecular weight excluding hydrogens is 246 g/mol. The summed E-state index contributed by atoms with van der Waals surface area (Å²) in [4.78, 5) is 0. The summed E-state index contributed by atoms with van der Waals surface area (Å²) < 4.78 is 5.16. The molecule has 18 heavy (non-hydrogen) atoms. The molecular formula is C15H20ClNO. The molecule has 0 saturated heterocycles. The van der Waals surface area contributed by atoms with E-state index < -0.39 is 0 Å². The molecule has 1 N–H and O–H groups in total. The van der Waals surface area contributed by atoms with E-state index >= 15 is 0 Å². The van der Waals surface area contributed by atoms with E-state index in [1.54, 1.807) is 7.11 Å². The van der Waals surface area contributed by atoms with E-state index in [9.17, 15) is 0 Å². The van der Waals surface area contributed by atoms with Gasteiger partial charge in [0.1, 0.15) is 5.75 Å². The van der Waals surface area contributed by atoms with Crippen LogP contribution in [0.2, 0.25) is 5.02 Å². The number of fused-ring (bicyclic) bond motifs is 2. The van der Waals surface area contributed by atoms with E-state index in [1.807, 2.05) is 18.2 Å². The second kappa shape index (κ2) is 5.00. The Labute approximate surface area is 114 Å². The number of ether oxygens (including phenoxy) is 1. The minimum atomic E-state index is 0.676. The highest BCUT2D eigenvalue weighted by molar-refractivity contribution is 6.32. The summed E-state index contributed by atoms with van der Waals surface area (Å²) in [6.07, 6.45) is 5.80. The van der Waals surface area contributed by atoms with Gasteiger partial charge in [-0.05, 0) is 55.2 Å². The standard InChI is InChI=1S/C15H20ClNO/c1-18-15-5-4-13(8-14(15)16)17-9-12-7-10-2-3-11(12)6-10/h4-5,8,10-12,17H,2-3,6-7,9H2,1H3. The molecule has 0 radical (unpaired) electrons. The number of methoxy groups -OCH3 is 1. The predicted octanol–water partition coefficient (Wildman–Crippen LogP) is 4.20. The van der Waals surface area contributed by atoms with E-state index in [1.165, 1.54) is 25.7 Å². The molecule has 0 heterocycles. The van der Waals surface area contributed by atoms with E-state index in [0.29, 0.717) is 5.02 Å². The average Bonchev–Trinajstić information content (AvgIpc) is 2.98. The van der Waals surface area contributed by atoms with Gasteiger partial charge >= 0.3 is 0 Å². The summed E-state index contributed by atoms with van der Waals surface area (Å²) in [6, 6.07) is 5.91. The van der Waals surface area contributed by atoms with Crippen molar-refractivity contribution < 1.29 is 4.74 Å². The molecule has 0 aliphatic heterocycles. The Morgan fingerprint density at radius 1 is 1.33 bits per heavy atom. The number of nitrogens with one attached hydrogen (secondary N) is 1. The number of rotatable bonds is 4. The molecule has 2 aliphatic rings. The minimum Gasteiger partial charge on any atom is -0.495 e. The Hall–Kier alpha value is -0.890. The van der Waals surface area contributed by atoms with Gasteiger partial charge in [0.05, 0.1) is 12.1 Å². The SMILES string of the molecule is COc1ccc(NCC2CC3CCC2C3)cc1Cl. The molecule has 2 fully saturated rings. The maximum Gasteiger partial charge on any atom is 0.137 e. The average molecular weight is 266 g/mol. The lowest BCUT2D eigenvalue weighted by molar-refractivity contribution is 0.348. The van der Waals surface area contributed by atoms with Gasteiger partial charge in [0, 0.05) is 12.2 Å². The van der Waals surface area contributed by atoms with Crippen LogP contribution in [-0.4, -0.2) is 13.7 Å². The van der Waals surface area contributed by atoms with Gasteiger partial charge in [0.25, 0.3) is 0 Å². The molecule has 2 bridgehead atoms. The molecule has 1 aromatic carbocycles. The van der Waals surface area contributed by atoms with Gasteiger partial charge in [-0.3, -0.25) is 0 Å². The predicted molar refractivity (Wildman–Crippen MR) is 75.4 cm³/mol. The van der Waals surface area contributed by atoms with Gasteiger partial charge in [0.2, 0.25) is 0 Å². The zero-order valence-corrected chi connectivity index (χ0v) is 11.5. The summed E-state index contributed by atoms with van der Waals surface area (Å²) in [5, 5.41) is 4.20. The highest BCUT2D eigenvalue weighted by atomic mass is 35.5. The smallest absolute Gasteiger partial charge is 0.137 e. The molecule has 0 aromatic heterocycles. The third-order valence-electron chi connectivity index (χ3n) is 4.60. The maximum atomic E-state index is 6.12. The van der Waals surface area contributed by atoms with Crippen LogP contribution in [0.25, 0.3) is 0 Å². The first-order valence-corrected chi connectivity index (χ1v) is 7.21. The highest BCUT2D eigenvalue weighted by Crippen LogP contribution is 2.48. The van der Waals surface area contributed by atoms with E-state index in [-0.39, 0.29) is 0 Å². The molecule has 3 atom stereocenters. The number of hydrogen-bond acceptors (Lipinski definition) is 2. The monoisotopic (exact) mass is 265 g/mol. The highest BCUT2D eigenvalue weighted by Gasteiger charge is 2.38. The summed E-state index contributed by atoms with van der Waals surface area (Å²) in [7, 11) is 1.64. The van der Waals surface area contributed by atoms with Crippen molar-refractivity contribution in [1.82, 2.24) is 0 Å². The normalized spacial score (nSPS) is 29.6. The van der Waals surface area contributed by atoms with Crippen molar-refractivity contribution in [2.45, 2.75) is 25.7 Å². The molecule has 2 saturated carbocycles. The zero-order chi connectivity index (χ0) is 12.5. The van der Waals surface area contributed by atoms with Crippen molar-refractivity contribution in [1.29, 1.82) is 0 Å². The molecule has 2 aliphatic carbocycles. The first-order valence-electron chi connectivity index (χ1n) is 6.83. The summed E-state index contributed by atoms with van der Waals surface area (Å²) in [5.41, 5.74) is 1.10. The van der Waals surface area contributed by atoms with Crippen LogP contribution in [0.4, 0.5) is 5.69 Å². The Morgan fingerprint density at radius 3 is 2.83 bits per heavy atom. The third-order valence-corrected chi connectivity index (χ3v) is 4.90. The van der Waals surface area contributed by atoms with E-state index in [4.69, 9.17) is 16.3 Å². The molecule has 3 rings (SSSR count).